The number of aromatic hydroxyl groups is 2. The summed E-state index contributed by atoms with van der Waals surface area (Å²) in [6.45, 7) is 1.62. The first-order chi connectivity index (χ1) is 23.3. The largest absolute Gasteiger partial charge is 0.508 e. The molecule has 240 valence electrons. The molecule has 0 heterocycles. The molecule has 6 rings (SSSR count). The van der Waals surface area contributed by atoms with Crippen molar-refractivity contribution >= 4 is 11.8 Å². The summed E-state index contributed by atoms with van der Waals surface area (Å²) in [5.41, 5.74) is 10.4. The molecule has 3 N–H and O–H groups in total. The fourth-order valence-electron chi connectivity index (χ4n) is 5.68. The molecular formula is C43H38O5. The van der Waals surface area contributed by atoms with Crippen molar-refractivity contribution in [2.24, 2.45) is 0 Å². The summed E-state index contributed by atoms with van der Waals surface area (Å²) < 4.78 is 0. The van der Waals surface area contributed by atoms with Gasteiger partial charge in [0.25, 0.3) is 0 Å². The third-order valence-corrected chi connectivity index (χ3v) is 8.09. The van der Waals surface area contributed by atoms with Crippen molar-refractivity contribution in [2.45, 2.75) is 32.6 Å². The minimum atomic E-state index is -0.818. The Morgan fingerprint density at radius 1 is 0.458 bits per heavy atom. The highest BCUT2D eigenvalue weighted by molar-refractivity contribution is 5.79. The summed E-state index contributed by atoms with van der Waals surface area (Å²) in [5.74, 6) is -0.190. The second-order valence-electron chi connectivity index (χ2n) is 11.7. The Morgan fingerprint density at radius 2 is 0.875 bits per heavy atom. The van der Waals surface area contributed by atoms with Crippen LogP contribution in [-0.4, -0.2) is 27.1 Å². The highest BCUT2D eigenvalue weighted by atomic mass is 16.4. The second-order valence-corrected chi connectivity index (χ2v) is 11.7. The molecule has 5 heteroatoms. The van der Waals surface area contributed by atoms with Gasteiger partial charge in [-0.3, -0.25) is 4.79 Å². The summed E-state index contributed by atoms with van der Waals surface area (Å²) in [6.07, 6.45) is 1.73. The van der Waals surface area contributed by atoms with Gasteiger partial charge in [0.1, 0.15) is 17.3 Å². The molecule has 6 aromatic rings. The van der Waals surface area contributed by atoms with E-state index in [0.717, 1.165) is 55.6 Å². The van der Waals surface area contributed by atoms with Crippen LogP contribution in [0.25, 0.3) is 44.5 Å². The van der Waals surface area contributed by atoms with Crippen LogP contribution in [-0.2, 0) is 22.4 Å². The van der Waals surface area contributed by atoms with Crippen molar-refractivity contribution in [3.63, 3.8) is 0 Å². The number of ketones is 1. The van der Waals surface area contributed by atoms with Crippen molar-refractivity contribution in [1.29, 1.82) is 0 Å². The van der Waals surface area contributed by atoms with Gasteiger partial charge in [-0.25, -0.2) is 0 Å². The SMILES string of the molecule is CC(=O)CCc1cc(-c2ccccc2)ccc1-c1cccc(O)c1.O=C(O)CCc1cc(-c2ccccc2)ccc1-c1cccc(O)c1. The van der Waals surface area contributed by atoms with E-state index in [4.69, 9.17) is 5.11 Å². The number of phenols is 2. The summed E-state index contributed by atoms with van der Waals surface area (Å²) >= 11 is 0. The number of carboxylic acids is 1. The van der Waals surface area contributed by atoms with Crippen LogP contribution in [0.3, 0.4) is 0 Å². The minimum absolute atomic E-state index is 0.0735. The standard InChI is InChI=1S/C22H20O2.C21H18O3/c1-16(23)10-11-20-14-18(17-6-3-2-4-7-17)12-13-22(20)19-8-5-9-21(24)15-19;22-19-8-4-7-17(14-19)20-11-9-16(15-5-2-1-3-6-15)13-18(20)10-12-21(23)24/h2-9,12-15,24H,10-11H2,1H3;1-9,11,13-14,22H,10,12H2,(H,23,24). The Morgan fingerprint density at radius 3 is 1.27 bits per heavy atom. The Labute approximate surface area is 281 Å². The lowest BCUT2D eigenvalue weighted by Gasteiger charge is -2.12. The molecule has 5 nitrogen and oxygen atoms in total. The van der Waals surface area contributed by atoms with Crippen LogP contribution in [0.15, 0.2) is 146 Å². The predicted molar refractivity (Wildman–Crippen MR) is 193 cm³/mol. The van der Waals surface area contributed by atoms with Crippen LogP contribution in [0, 0.1) is 0 Å². The molecule has 0 radical (unpaired) electrons. The maximum absolute atomic E-state index is 11.4. The Bertz CT molecular complexity index is 1850. The molecule has 0 aliphatic heterocycles. The number of benzene rings is 6. The number of hydrogen-bond acceptors (Lipinski definition) is 4. The number of aryl methyl sites for hydroxylation is 2. The number of carbonyl (C=O) groups is 2. The topological polar surface area (TPSA) is 94.8 Å². The molecule has 0 spiro atoms. The molecule has 0 unspecified atom stereocenters. The van der Waals surface area contributed by atoms with Crippen molar-refractivity contribution in [3.8, 4) is 56.0 Å². The van der Waals surface area contributed by atoms with Crippen molar-refractivity contribution in [2.75, 3.05) is 0 Å². The van der Waals surface area contributed by atoms with E-state index >= 15 is 0 Å². The maximum atomic E-state index is 11.4. The van der Waals surface area contributed by atoms with Gasteiger partial charge in [-0.1, -0.05) is 121 Å². The van der Waals surface area contributed by atoms with Crippen LogP contribution in [0.5, 0.6) is 11.5 Å². The van der Waals surface area contributed by atoms with Gasteiger partial charge in [-0.15, -0.1) is 0 Å². The molecule has 0 saturated heterocycles. The zero-order valence-corrected chi connectivity index (χ0v) is 26.8. The fraction of sp³-hybridized carbons (Fsp3) is 0.116. The van der Waals surface area contributed by atoms with Gasteiger partial charge in [-0.05, 0) is 99.7 Å². The highest BCUT2D eigenvalue weighted by Gasteiger charge is 2.11. The molecule has 0 bridgehead atoms. The lowest BCUT2D eigenvalue weighted by molar-refractivity contribution is -0.137. The average Bonchev–Trinajstić information content (AvgIpc) is 3.10. The van der Waals surface area contributed by atoms with Gasteiger partial charge in [0.05, 0.1) is 0 Å². The number of carboxylic acid groups (broad SMARTS) is 1. The van der Waals surface area contributed by atoms with Crippen LogP contribution in [0.2, 0.25) is 0 Å². The maximum Gasteiger partial charge on any atom is 0.303 e. The molecule has 48 heavy (non-hydrogen) atoms. The zero-order chi connectivity index (χ0) is 33.9. The number of phenolic OH excluding ortho intramolecular Hbond substituents is 2. The summed E-state index contributed by atoms with van der Waals surface area (Å²) in [5, 5.41) is 28.5. The minimum Gasteiger partial charge on any atom is -0.508 e. The van der Waals surface area contributed by atoms with Crippen molar-refractivity contribution < 1.29 is 24.9 Å². The van der Waals surface area contributed by atoms with E-state index in [1.807, 2.05) is 84.9 Å². The lowest BCUT2D eigenvalue weighted by Crippen LogP contribution is -1.99. The van der Waals surface area contributed by atoms with Crippen molar-refractivity contribution in [3.05, 3.63) is 157 Å². The first kappa shape index (κ1) is 33.4. The Kier molecular flexibility index (Phi) is 11.2. The van der Waals surface area contributed by atoms with Gasteiger partial charge < -0.3 is 20.1 Å². The number of aliphatic carboxylic acids is 1. The van der Waals surface area contributed by atoms with Gasteiger partial charge >= 0.3 is 5.97 Å². The van der Waals surface area contributed by atoms with Crippen LogP contribution < -0.4 is 0 Å². The monoisotopic (exact) mass is 634 g/mol. The molecule has 0 atom stereocenters. The van der Waals surface area contributed by atoms with Gasteiger partial charge in [0.15, 0.2) is 0 Å². The smallest absolute Gasteiger partial charge is 0.303 e. The quantitative estimate of drug-likeness (QED) is 0.139. The average molecular weight is 635 g/mol. The molecule has 0 saturated carbocycles. The van der Waals surface area contributed by atoms with Crippen molar-refractivity contribution in [1.82, 2.24) is 0 Å². The van der Waals surface area contributed by atoms with E-state index in [1.54, 1.807) is 37.3 Å². The molecule has 6 aromatic carbocycles. The lowest BCUT2D eigenvalue weighted by atomic mass is 9.92. The molecule has 0 fully saturated rings. The molecule has 0 aliphatic rings. The van der Waals surface area contributed by atoms with Crippen LogP contribution >= 0.6 is 0 Å². The number of carbonyl (C=O) groups excluding carboxylic acids is 1. The first-order valence-corrected chi connectivity index (χ1v) is 15.9. The van der Waals surface area contributed by atoms with Crippen LogP contribution in [0.4, 0.5) is 0 Å². The van der Waals surface area contributed by atoms with E-state index in [2.05, 4.69) is 30.3 Å². The molecular weight excluding hydrogens is 596 g/mol. The molecule has 0 aromatic heterocycles. The Balaban J connectivity index is 0.000000188. The fourth-order valence-corrected chi connectivity index (χ4v) is 5.68. The number of hydrogen-bond donors (Lipinski definition) is 3. The predicted octanol–water partition coefficient (Wildman–Crippen LogP) is 9.99. The van der Waals surface area contributed by atoms with E-state index in [9.17, 15) is 19.8 Å². The molecule has 0 aliphatic carbocycles. The summed E-state index contributed by atoms with van der Waals surface area (Å²) in [4.78, 5) is 22.4. The Hall–Kier alpha value is -5.94. The normalized spacial score (nSPS) is 10.5. The van der Waals surface area contributed by atoms with Gasteiger partial charge in [-0.2, -0.15) is 0 Å². The first-order valence-electron chi connectivity index (χ1n) is 15.9. The van der Waals surface area contributed by atoms with Gasteiger partial charge in [0.2, 0.25) is 0 Å². The third-order valence-electron chi connectivity index (χ3n) is 8.09. The number of Topliss-reactive ketones (excluding diaryl/α,β-unsaturated/α-hetero) is 1. The second kappa shape index (κ2) is 16.1. The zero-order valence-electron chi connectivity index (χ0n) is 26.8. The summed E-state index contributed by atoms with van der Waals surface area (Å²) in [7, 11) is 0. The number of rotatable bonds is 10. The van der Waals surface area contributed by atoms with Gasteiger partial charge in [0, 0.05) is 12.8 Å². The van der Waals surface area contributed by atoms with Crippen LogP contribution in [0.1, 0.15) is 30.9 Å². The third kappa shape index (κ3) is 9.08. The highest BCUT2D eigenvalue weighted by Crippen LogP contribution is 2.33. The summed E-state index contributed by atoms with van der Waals surface area (Å²) in [6, 6.07) is 46.8. The van der Waals surface area contributed by atoms with E-state index < -0.39 is 5.97 Å². The van der Waals surface area contributed by atoms with E-state index in [1.165, 1.54) is 0 Å². The van der Waals surface area contributed by atoms with E-state index in [0.29, 0.717) is 19.3 Å². The molecule has 0 amide bonds. The van der Waals surface area contributed by atoms with E-state index in [-0.39, 0.29) is 23.7 Å².